The van der Waals surface area contributed by atoms with Crippen molar-refractivity contribution in [3.8, 4) is 11.3 Å². The van der Waals surface area contributed by atoms with Crippen LogP contribution in [0.3, 0.4) is 0 Å². The van der Waals surface area contributed by atoms with Crippen molar-refractivity contribution in [2.45, 2.75) is 0 Å². The zero-order valence-corrected chi connectivity index (χ0v) is 13.9. The third-order valence-corrected chi connectivity index (χ3v) is 4.27. The molecule has 2 aromatic rings. The Kier molecular flexibility index (Phi) is 4.10. The standard InChI is InChI=1S/C17H19FN6O/c1-23-6-8-24(9-7-23)11-16-19-17(25-22-16)15-10-14(20-21-15)12-2-4-13(18)5-3-12/h2-5,10-11,22H,6-9H2,1H3,(H,20,21). The van der Waals surface area contributed by atoms with E-state index in [1.165, 1.54) is 12.1 Å². The number of benzene rings is 1. The van der Waals surface area contributed by atoms with Crippen LogP contribution in [-0.2, 0) is 4.84 Å². The van der Waals surface area contributed by atoms with E-state index in [-0.39, 0.29) is 5.82 Å². The number of likely N-dealkylation sites (N-methyl/N-ethyl adjacent to an activating group) is 1. The number of aromatic nitrogens is 2. The van der Waals surface area contributed by atoms with E-state index < -0.39 is 0 Å². The highest BCUT2D eigenvalue weighted by atomic mass is 19.1. The third kappa shape index (κ3) is 3.48. The van der Waals surface area contributed by atoms with Gasteiger partial charge in [-0.1, -0.05) is 0 Å². The molecule has 0 bridgehead atoms. The highest BCUT2D eigenvalue weighted by molar-refractivity contribution is 5.94. The van der Waals surface area contributed by atoms with Crippen LogP contribution < -0.4 is 5.48 Å². The van der Waals surface area contributed by atoms with Gasteiger partial charge in [-0.15, -0.1) is 0 Å². The van der Waals surface area contributed by atoms with E-state index >= 15 is 0 Å². The summed E-state index contributed by atoms with van der Waals surface area (Å²) in [5.41, 5.74) is 5.01. The number of halogens is 1. The molecular formula is C17H19FN6O. The molecule has 1 saturated heterocycles. The number of rotatable bonds is 3. The number of hydroxylamine groups is 1. The predicted molar refractivity (Wildman–Crippen MR) is 91.9 cm³/mol. The first-order chi connectivity index (χ1) is 12.2. The fourth-order valence-electron chi connectivity index (χ4n) is 2.75. The third-order valence-electron chi connectivity index (χ3n) is 4.27. The van der Waals surface area contributed by atoms with Crippen molar-refractivity contribution in [3.63, 3.8) is 0 Å². The molecule has 0 aliphatic carbocycles. The van der Waals surface area contributed by atoms with Crippen LogP contribution in [0.1, 0.15) is 5.69 Å². The molecule has 1 aromatic heterocycles. The summed E-state index contributed by atoms with van der Waals surface area (Å²) < 4.78 is 13.0. The first-order valence-electron chi connectivity index (χ1n) is 8.15. The van der Waals surface area contributed by atoms with Gasteiger partial charge in [0.1, 0.15) is 11.5 Å². The Morgan fingerprint density at radius 2 is 1.92 bits per heavy atom. The summed E-state index contributed by atoms with van der Waals surface area (Å²) in [6.45, 7) is 3.99. The second kappa shape index (κ2) is 6.56. The molecule has 1 fully saturated rings. The van der Waals surface area contributed by atoms with Crippen LogP contribution in [0, 0.1) is 5.82 Å². The topological polar surface area (TPSA) is 68.8 Å². The van der Waals surface area contributed by atoms with Gasteiger partial charge in [-0.3, -0.25) is 5.10 Å². The summed E-state index contributed by atoms with van der Waals surface area (Å²) >= 11 is 0. The Hall–Kier alpha value is -2.87. The van der Waals surface area contributed by atoms with Crippen LogP contribution in [-0.4, -0.2) is 59.1 Å². The van der Waals surface area contributed by atoms with Gasteiger partial charge >= 0.3 is 0 Å². The van der Waals surface area contributed by atoms with E-state index in [2.05, 4.69) is 37.5 Å². The molecule has 2 aliphatic rings. The van der Waals surface area contributed by atoms with Crippen LogP contribution in [0.4, 0.5) is 4.39 Å². The van der Waals surface area contributed by atoms with Crippen molar-refractivity contribution < 1.29 is 9.23 Å². The van der Waals surface area contributed by atoms with E-state index in [1.807, 2.05) is 12.3 Å². The lowest BCUT2D eigenvalue weighted by molar-refractivity contribution is 0.191. The van der Waals surface area contributed by atoms with Crippen molar-refractivity contribution in [1.82, 2.24) is 25.5 Å². The van der Waals surface area contributed by atoms with Gasteiger partial charge in [0.05, 0.1) is 5.69 Å². The normalized spacial score (nSPS) is 19.7. The molecule has 4 rings (SSSR count). The SMILES string of the molecule is CN1CCN(C=C2N=C(c3cc(-c4ccc(F)cc4)n[nH]3)ON2)CC1. The quantitative estimate of drug-likeness (QED) is 0.886. The Balaban J connectivity index is 1.48. The number of H-pyrrole nitrogens is 1. The van der Waals surface area contributed by atoms with Crippen molar-refractivity contribution in [2.75, 3.05) is 33.2 Å². The van der Waals surface area contributed by atoms with Crippen LogP contribution in [0.15, 0.2) is 47.3 Å². The Labute approximate surface area is 144 Å². The molecule has 25 heavy (non-hydrogen) atoms. The number of aliphatic imine (C=N–C) groups is 1. The lowest BCUT2D eigenvalue weighted by Crippen LogP contribution is -2.42. The summed E-state index contributed by atoms with van der Waals surface area (Å²) in [6, 6.07) is 8.01. The maximum Gasteiger partial charge on any atom is 0.273 e. The summed E-state index contributed by atoms with van der Waals surface area (Å²) in [5.74, 6) is 0.824. The number of hydrogen-bond donors (Lipinski definition) is 2. The molecule has 0 atom stereocenters. The van der Waals surface area contributed by atoms with Gasteiger partial charge in [0.2, 0.25) is 0 Å². The molecule has 8 heteroatoms. The second-order valence-electron chi connectivity index (χ2n) is 6.15. The number of nitrogens with zero attached hydrogens (tertiary/aromatic N) is 4. The molecule has 0 unspecified atom stereocenters. The fourth-order valence-corrected chi connectivity index (χ4v) is 2.75. The zero-order chi connectivity index (χ0) is 17.2. The highest BCUT2D eigenvalue weighted by Crippen LogP contribution is 2.20. The maximum atomic E-state index is 13.0. The van der Waals surface area contributed by atoms with E-state index in [9.17, 15) is 4.39 Å². The molecule has 7 nitrogen and oxygen atoms in total. The van der Waals surface area contributed by atoms with Gasteiger partial charge in [0, 0.05) is 37.9 Å². The molecule has 0 amide bonds. The number of nitrogens with one attached hydrogen (secondary N) is 2. The minimum Gasteiger partial charge on any atom is -0.372 e. The molecule has 0 spiro atoms. The van der Waals surface area contributed by atoms with Gasteiger partial charge in [0.25, 0.3) is 5.90 Å². The van der Waals surface area contributed by atoms with Crippen LogP contribution >= 0.6 is 0 Å². The predicted octanol–water partition coefficient (Wildman–Crippen LogP) is 1.54. The van der Waals surface area contributed by atoms with Crippen molar-refractivity contribution in [1.29, 1.82) is 0 Å². The summed E-state index contributed by atoms with van der Waals surface area (Å²) in [7, 11) is 2.12. The number of piperazine rings is 1. The number of hydrogen-bond acceptors (Lipinski definition) is 6. The summed E-state index contributed by atoms with van der Waals surface area (Å²) in [5, 5.41) is 7.14. The molecule has 0 saturated carbocycles. The lowest BCUT2D eigenvalue weighted by Gasteiger charge is -2.31. The first-order valence-corrected chi connectivity index (χ1v) is 8.15. The molecule has 3 heterocycles. The van der Waals surface area contributed by atoms with E-state index in [0.717, 1.165) is 31.7 Å². The first kappa shape index (κ1) is 15.6. The number of aromatic amines is 1. The van der Waals surface area contributed by atoms with Crippen LogP contribution in [0.25, 0.3) is 11.3 Å². The highest BCUT2D eigenvalue weighted by Gasteiger charge is 2.19. The molecule has 0 radical (unpaired) electrons. The van der Waals surface area contributed by atoms with Gasteiger partial charge in [-0.05, 0) is 37.4 Å². The molecule has 130 valence electrons. The van der Waals surface area contributed by atoms with Crippen molar-refractivity contribution >= 4 is 5.90 Å². The molecule has 2 N–H and O–H groups in total. The smallest absolute Gasteiger partial charge is 0.273 e. The Morgan fingerprint density at radius 1 is 1.16 bits per heavy atom. The average molecular weight is 342 g/mol. The van der Waals surface area contributed by atoms with E-state index in [4.69, 9.17) is 4.84 Å². The molecule has 2 aliphatic heterocycles. The van der Waals surface area contributed by atoms with Crippen LogP contribution in [0.5, 0.6) is 0 Å². The second-order valence-corrected chi connectivity index (χ2v) is 6.15. The van der Waals surface area contributed by atoms with E-state index in [0.29, 0.717) is 23.1 Å². The average Bonchev–Trinajstić information content (AvgIpc) is 3.27. The minimum atomic E-state index is -0.272. The minimum absolute atomic E-state index is 0.272. The summed E-state index contributed by atoms with van der Waals surface area (Å²) in [4.78, 5) is 14.4. The van der Waals surface area contributed by atoms with Gasteiger partial charge in [-0.2, -0.15) is 10.1 Å². The monoisotopic (exact) mass is 342 g/mol. The Bertz CT molecular complexity index is 805. The van der Waals surface area contributed by atoms with Gasteiger partial charge in [0.15, 0.2) is 5.82 Å². The largest absolute Gasteiger partial charge is 0.372 e. The summed E-state index contributed by atoms with van der Waals surface area (Å²) in [6.07, 6.45) is 1.97. The molecule has 1 aromatic carbocycles. The van der Waals surface area contributed by atoms with E-state index in [1.54, 1.807) is 12.1 Å². The van der Waals surface area contributed by atoms with Gasteiger partial charge in [-0.25, -0.2) is 9.87 Å². The maximum absolute atomic E-state index is 13.0. The van der Waals surface area contributed by atoms with Crippen LogP contribution in [0.2, 0.25) is 0 Å². The van der Waals surface area contributed by atoms with Crippen molar-refractivity contribution in [3.05, 3.63) is 53.9 Å². The van der Waals surface area contributed by atoms with Crippen molar-refractivity contribution in [2.24, 2.45) is 4.99 Å². The fraction of sp³-hybridized carbons (Fsp3) is 0.294. The van der Waals surface area contributed by atoms with Gasteiger partial charge < -0.3 is 14.6 Å². The lowest BCUT2D eigenvalue weighted by atomic mass is 10.1. The Morgan fingerprint density at radius 3 is 2.68 bits per heavy atom. The molecular weight excluding hydrogens is 323 g/mol. The zero-order valence-electron chi connectivity index (χ0n) is 13.9.